The third-order valence-electron chi connectivity index (χ3n) is 6.08. The lowest BCUT2D eigenvalue weighted by molar-refractivity contribution is 0.0978. The molecule has 4 nitrogen and oxygen atoms in total. The molecule has 26 heavy (non-hydrogen) atoms. The summed E-state index contributed by atoms with van der Waals surface area (Å²) in [7, 11) is 0. The fourth-order valence-corrected chi connectivity index (χ4v) is 4.65. The zero-order valence-corrected chi connectivity index (χ0v) is 15.1. The first kappa shape index (κ1) is 15.9. The Morgan fingerprint density at radius 2 is 2.04 bits per heavy atom. The predicted octanol–water partition coefficient (Wildman–Crippen LogP) is 3.81. The fourth-order valence-electron chi connectivity index (χ4n) is 4.65. The smallest absolute Gasteiger partial charge is 0.262 e. The van der Waals surface area contributed by atoms with E-state index in [1.165, 1.54) is 12.0 Å². The van der Waals surface area contributed by atoms with Crippen molar-refractivity contribution in [3.05, 3.63) is 59.2 Å². The molecule has 2 aromatic carbocycles. The fraction of sp³-hybridized carbons (Fsp3) is 0.409. The molecule has 3 aliphatic rings. The van der Waals surface area contributed by atoms with Gasteiger partial charge in [0.15, 0.2) is 0 Å². The molecule has 0 aliphatic carbocycles. The van der Waals surface area contributed by atoms with Gasteiger partial charge in [0.2, 0.25) is 0 Å². The van der Waals surface area contributed by atoms with Crippen LogP contribution in [0.25, 0.3) is 0 Å². The zero-order chi connectivity index (χ0) is 17.7. The molecule has 1 fully saturated rings. The summed E-state index contributed by atoms with van der Waals surface area (Å²) in [6, 6.07) is 14.8. The molecule has 0 radical (unpaired) electrons. The molecular weight excluding hydrogens is 324 g/mol. The van der Waals surface area contributed by atoms with Crippen molar-refractivity contribution in [3.8, 4) is 5.75 Å². The summed E-state index contributed by atoms with van der Waals surface area (Å²) in [4.78, 5) is 18.1. The lowest BCUT2D eigenvalue weighted by Crippen LogP contribution is -2.40. The molecule has 2 atom stereocenters. The van der Waals surface area contributed by atoms with E-state index in [0.717, 1.165) is 43.1 Å². The maximum absolute atomic E-state index is 13.6. The Hall–Kier alpha value is -2.33. The Morgan fingerprint density at radius 3 is 2.96 bits per heavy atom. The normalized spacial score (nSPS) is 24.4. The Bertz CT molecular complexity index is 863. The van der Waals surface area contributed by atoms with Crippen LogP contribution in [0.4, 0.5) is 5.69 Å². The van der Waals surface area contributed by atoms with Gasteiger partial charge in [-0.25, -0.2) is 0 Å². The molecular formula is C22H24N2O2. The number of hydrogen-bond donors (Lipinski definition) is 0. The SMILES string of the molecule is CC1COc2c(C(=O)N3CC4CCCN4Cc4ccccc43)cccc21. The van der Waals surface area contributed by atoms with Crippen molar-refractivity contribution < 1.29 is 9.53 Å². The van der Waals surface area contributed by atoms with E-state index in [0.29, 0.717) is 24.1 Å². The molecule has 0 spiro atoms. The molecule has 0 aromatic heterocycles. The van der Waals surface area contributed by atoms with Crippen LogP contribution in [0.3, 0.4) is 0 Å². The highest BCUT2D eigenvalue weighted by atomic mass is 16.5. The minimum atomic E-state index is 0.0668. The van der Waals surface area contributed by atoms with Gasteiger partial charge in [-0.05, 0) is 37.1 Å². The molecule has 1 saturated heterocycles. The van der Waals surface area contributed by atoms with Crippen LogP contribution in [-0.4, -0.2) is 36.5 Å². The molecule has 0 bridgehead atoms. The summed E-state index contributed by atoms with van der Waals surface area (Å²) in [6.07, 6.45) is 2.38. The lowest BCUT2D eigenvalue weighted by atomic mass is 10.00. The first-order valence-corrected chi connectivity index (χ1v) is 9.62. The Labute approximate surface area is 154 Å². The molecule has 1 amide bonds. The second-order valence-corrected chi connectivity index (χ2v) is 7.75. The number of ether oxygens (including phenoxy) is 1. The van der Waals surface area contributed by atoms with E-state index in [-0.39, 0.29) is 5.91 Å². The van der Waals surface area contributed by atoms with Crippen LogP contribution >= 0.6 is 0 Å². The topological polar surface area (TPSA) is 32.8 Å². The second kappa shape index (κ2) is 6.13. The van der Waals surface area contributed by atoms with Crippen LogP contribution in [0, 0.1) is 0 Å². The van der Waals surface area contributed by atoms with E-state index in [1.807, 2.05) is 23.1 Å². The maximum atomic E-state index is 13.6. The zero-order valence-electron chi connectivity index (χ0n) is 15.1. The van der Waals surface area contributed by atoms with E-state index in [4.69, 9.17) is 4.74 Å². The summed E-state index contributed by atoms with van der Waals surface area (Å²) < 4.78 is 5.90. The lowest BCUT2D eigenvalue weighted by Gasteiger charge is -2.27. The Balaban J connectivity index is 1.58. The number of carbonyl (C=O) groups excluding carboxylic acids is 1. The van der Waals surface area contributed by atoms with E-state index < -0.39 is 0 Å². The van der Waals surface area contributed by atoms with E-state index >= 15 is 0 Å². The average molecular weight is 348 g/mol. The highest BCUT2D eigenvalue weighted by molar-refractivity contribution is 6.08. The van der Waals surface area contributed by atoms with Crippen molar-refractivity contribution in [2.45, 2.75) is 38.3 Å². The van der Waals surface area contributed by atoms with E-state index in [9.17, 15) is 4.79 Å². The summed E-state index contributed by atoms with van der Waals surface area (Å²) >= 11 is 0. The van der Waals surface area contributed by atoms with Crippen molar-refractivity contribution in [3.63, 3.8) is 0 Å². The average Bonchev–Trinajstić information content (AvgIpc) is 3.23. The number of fused-ring (bicyclic) bond motifs is 3. The molecule has 0 saturated carbocycles. The molecule has 4 heteroatoms. The van der Waals surface area contributed by atoms with Crippen molar-refractivity contribution >= 4 is 11.6 Å². The van der Waals surface area contributed by atoms with Crippen molar-refractivity contribution in [1.82, 2.24) is 4.90 Å². The van der Waals surface area contributed by atoms with Crippen LogP contribution in [-0.2, 0) is 6.54 Å². The van der Waals surface area contributed by atoms with Crippen molar-refractivity contribution in [2.75, 3.05) is 24.6 Å². The van der Waals surface area contributed by atoms with Gasteiger partial charge in [0.05, 0.1) is 12.2 Å². The third-order valence-corrected chi connectivity index (χ3v) is 6.08. The molecule has 0 N–H and O–H groups in total. The van der Waals surface area contributed by atoms with Crippen LogP contribution < -0.4 is 9.64 Å². The number of nitrogens with zero attached hydrogens (tertiary/aromatic N) is 2. The second-order valence-electron chi connectivity index (χ2n) is 7.75. The van der Waals surface area contributed by atoms with Gasteiger partial charge in [0.1, 0.15) is 5.75 Å². The van der Waals surface area contributed by atoms with Crippen molar-refractivity contribution in [2.24, 2.45) is 0 Å². The summed E-state index contributed by atoms with van der Waals surface area (Å²) in [5.41, 5.74) is 4.15. The Morgan fingerprint density at radius 1 is 1.15 bits per heavy atom. The Kier molecular flexibility index (Phi) is 3.75. The summed E-state index contributed by atoms with van der Waals surface area (Å²) in [5.74, 6) is 1.20. The number of carbonyl (C=O) groups is 1. The molecule has 2 aromatic rings. The highest BCUT2D eigenvalue weighted by Crippen LogP contribution is 2.39. The minimum Gasteiger partial charge on any atom is -0.492 e. The minimum absolute atomic E-state index is 0.0668. The molecule has 134 valence electrons. The van der Waals surface area contributed by atoms with E-state index in [2.05, 4.69) is 36.1 Å². The number of para-hydroxylation sites is 2. The molecule has 2 unspecified atom stereocenters. The number of anilines is 1. The summed E-state index contributed by atoms with van der Waals surface area (Å²) in [6.45, 7) is 5.63. The van der Waals surface area contributed by atoms with Crippen LogP contribution in [0.5, 0.6) is 5.75 Å². The standard InChI is InChI=1S/C22H24N2O2/c1-15-14-26-21-18(15)8-4-9-19(21)22(25)24-13-17-7-5-11-23(17)12-16-6-2-3-10-20(16)24/h2-4,6,8-10,15,17H,5,7,11-14H2,1H3. The van der Waals surface area contributed by atoms with Crippen molar-refractivity contribution in [1.29, 1.82) is 0 Å². The van der Waals surface area contributed by atoms with Gasteiger partial charge in [0, 0.05) is 36.3 Å². The van der Waals surface area contributed by atoms with E-state index in [1.54, 1.807) is 0 Å². The molecule has 3 aliphatic heterocycles. The molecule has 5 rings (SSSR count). The highest BCUT2D eigenvalue weighted by Gasteiger charge is 2.35. The first-order chi connectivity index (χ1) is 12.7. The van der Waals surface area contributed by atoms with Crippen LogP contribution in [0.15, 0.2) is 42.5 Å². The largest absolute Gasteiger partial charge is 0.492 e. The number of hydrogen-bond acceptors (Lipinski definition) is 3. The number of rotatable bonds is 1. The first-order valence-electron chi connectivity index (χ1n) is 9.62. The van der Waals surface area contributed by atoms with Gasteiger partial charge >= 0.3 is 0 Å². The maximum Gasteiger partial charge on any atom is 0.262 e. The summed E-state index contributed by atoms with van der Waals surface area (Å²) in [5, 5.41) is 0. The molecule has 3 heterocycles. The van der Waals surface area contributed by atoms with Gasteiger partial charge in [-0.2, -0.15) is 0 Å². The van der Waals surface area contributed by atoms with Crippen LogP contribution in [0.2, 0.25) is 0 Å². The number of benzene rings is 2. The number of amides is 1. The van der Waals surface area contributed by atoms with Gasteiger partial charge in [-0.1, -0.05) is 37.3 Å². The van der Waals surface area contributed by atoms with Gasteiger partial charge < -0.3 is 9.64 Å². The third kappa shape index (κ3) is 2.43. The quantitative estimate of drug-likeness (QED) is 0.786. The van der Waals surface area contributed by atoms with Crippen LogP contribution in [0.1, 0.15) is 47.2 Å². The van der Waals surface area contributed by atoms with Gasteiger partial charge in [0.25, 0.3) is 5.91 Å². The van der Waals surface area contributed by atoms with Gasteiger partial charge in [-0.3, -0.25) is 9.69 Å². The monoisotopic (exact) mass is 348 g/mol. The van der Waals surface area contributed by atoms with Gasteiger partial charge in [-0.15, -0.1) is 0 Å². The predicted molar refractivity (Wildman–Crippen MR) is 102 cm³/mol.